The first-order chi connectivity index (χ1) is 9.61. The first kappa shape index (κ1) is 13.0. The highest BCUT2D eigenvalue weighted by atomic mass is 35.5. The minimum atomic E-state index is -0.315. The molecule has 3 aromatic rings. The molecule has 0 amide bonds. The van der Waals surface area contributed by atoms with Crippen molar-refractivity contribution in [3.8, 4) is 0 Å². The summed E-state index contributed by atoms with van der Waals surface area (Å²) >= 11 is 6.86. The van der Waals surface area contributed by atoms with Crippen LogP contribution in [0.5, 0.6) is 0 Å². The van der Waals surface area contributed by atoms with E-state index in [-0.39, 0.29) is 15.8 Å². The molecule has 0 radical (unpaired) electrons. The van der Waals surface area contributed by atoms with Gasteiger partial charge in [-0.2, -0.15) is 4.52 Å². The van der Waals surface area contributed by atoms with Gasteiger partial charge in [-0.15, -0.1) is 5.10 Å². The topological polar surface area (TPSA) is 47.3 Å². The van der Waals surface area contributed by atoms with Gasteiger partial charge in [0.2, 0.25) is 9.43 Å². The Labute approximate surface area is 121 Å². The summed E-state index contributed by atoms with van der Waals surface area (Å²) in [5, 5.41) is 3.84. The summed E-state index contributed by atoms with van der Waals surface area (Å²) in [6, 6.07) is 7.48. The van der Waals surface area contributed by atoms with Gasteiger partial charge in [0.15, 0.2) is 0 Å². The van der Waals surface area contributed by atoms with Crippen LogP contribution in [0.2, 0.25) is 4.47 Å². The third kappa shape index (κ3) is 2.61. The van der Waals surface area contributed by atoms with E-state index in [0.717, 1.165) is 15.9 Å². The first-order valence-electron chi connectivity index (χ1n) is 5.62. The van der Waals surface area contributed by atoms with Gasteiger partial charge in [0.25, 0.3) is 5.56 Å². The number of benzene rings is 1. The number of rotatable bonds is 2. The molecule has 0 atom stereocenters. The van der Waals surface area contributed by atoms with Crippen molar-refractivity contribution in [2.75, 3.05) is 0 Å². The summed E-state index contributed by atoms with van der Waals surface area (Å²) in [5.74, 6) is -0.315. The zero-order valence-electron chi connectivity index (χ0n) is 9.96. The molecule has 0 bridgehead atoms. The van der Waals surface area contributed by atoms with Gasteiger partial charge in [-0.1, -0.05) is 29.5 Å². The molecule has 3 rings (SSSR count). The van der Waals surface area contributed by atoms with Gasteiger partial charge >= 0.3 is 0 Å². The van der Waals surface area contributed by atoms with E-state index in [2.05, 4.69) is 10.1 Å². The Hall–Kier alpha value is -2.05. The highest BCUT2D eigenvalue weighted by Crippen LogP contribution is 2.16. The third-order valence-electron chi connectivity index (χ3n) is 2.54. The maximum Gasteiger partial charge on any atom is 0.275 e. The van der Waals surface area contributed by atoms with E-state index in [1.54, 1.807) is 24.3 Å². The zero-order chi connectivity index (χ0) is 14.1. The summed E-state index contributed by atoms with van der Waals surface area (Å²) in [6.07, 6.45) is 3.33. The molecule has 2 aromatic heterocycles. The molecule has 0 N–H and O–H groups in total. The molecule has 0 saturated carbocycles. The average Bonchev–Trinajstić information content (AvgIpc) is 2.78. The largest absolute Gasteiger partial charge is 0.275 e. The SMILES string of the molecule is O=c1cc(C=Cc2cccc(F)c2)nc2sc(Cl)nn12. The van der Waals surface area contributed by atoms with Crippen LogP contribution in [0.4, 0.5) is 4.39 Å². The van der Waals surface area contributed by atoms with E-state index < -0.39 is 0 Å². The van der Waals surface area contributed by atoms with Crippen molar-refractivity contribution in [3.05, 3.63) is 62.2 Å². The molecule has 0 aliphatic rings. The van der Waals surface area contributed by atoms with Gasteiger partial charge in [0.1, 0.15) is 5.82 Å². The summed E-state index contributed by atoms with van der Waals surface area (Å²) in [4.78, 5) is 16.5. The minimum Gasteiger partial charge on any atom is -0.267 e. The van der Waals surface area contributed by atoms with Crippen LogP contribution in [-0.2, 0) is 0 Å². The van der Waals surface area contributed by atoms with Gasteiger partial charge in [-0.3, -0.25) is 4.79 Å². The lowest BCUT2D eigenvalue weighted by Gasteiger charge is -1.95. The normalized spacial score (nSPS) is 11.5. The van der Waals surface area contributed by atoms with Crippen LogP contribution in [0, 0.1) is 5.82 Å². The van der Waals surface area contributed by atoms with Crippen molar-refractivity contribution in [3.63, 3.8) is 0 Å². The summed E-state index contributed by atoms with van der Waals surface area (Å²) < 4.78 is 14.4. The number of hydrogen-bond donors (Lipinski definition) is 0. The Kier molecular flexibility index (Phi) is 3.33. The first-order valence-corrected chi connectivity index (χ1v) is 6.81. The van der Waals surface area contributed by atoms with Crippen LogP contribution in [0.25, 0.3) is 17.1 Å². The van der Waals surface area contributed by atoms with Crippen LogP contribution >= 0.6 is 22.9 Å². The lowest BCUT2D eigenvalue weighted by atomic mass is 10.2. The second-order valence-corrected chi connectivity index (χ2v) is 5.50. The number of aromatic nitrogens is 3. The lowest BCUT2D eigenvalue weighted by molar-refractivity contribution is 0.627. The Morgan fingerprint density at radius 2 is 2.15 bits per heavy atom. The maximum atomic E-state index is 13.0. The van der Waals surface area contributed by atoms with E-state index in [1.807, 2.05) is 0 Å². The molecule has 20 heavy (non-hydrogen) atoms. The molecule has 1 aromatic carbocycles. The molecule has 2 heterocycles. The molecule has 7 heteroatoms. The van der Waals surface area contributed by atoms with Crippen molar-refractivity contribution >= 4 is 40.1 Å². The Bertz CT molecular complexity index is 871. The highest BCUT2D eigenvalue weighted by molar-refractivity contribution is 7.20. The molecule has 0 saturated heterocycles. The van der Waals surface area contributed by atoms with Gasteiger partial charge in [-0.05, 0) is 35.4 Å². The molecule has 0 aliphatic carbocycles. The Morgan fingerprint density at radius 1 is 1.30 bits per heavy atom. The number of fused-ring (bicyclic) bond motifs is 1. The Balaban J connectivity index is 2.00. The summed E-state index contributed by atoms with van der Waals surface area (Å²) in [5.41, 5.74) is 0.853. The van der Waals surface area contributed by atoms with Gasteiger partial charge < -0.3 is 0 Å². The summed E-state index contributed by atoms with van der Waals surface area (Å²) in [7, 11) is 0. The van der Waals surface area contributed by atoms with Crippen molar-refractivity contribution in [1.29, 1.82) is 0 Å². The van der Waals surface area contributed by atoms with Crippen molar-refractivity contribution in [1.82, 2.24) is 14.6 Å². The number of nitrogens with zero attached hydrogens (tertiary/aromatic N) is 3. The molecular formula is C13H7ClFN3OS. The van der Waals surface area contributed by atoms with Crippen molar-refractivity contribution in [2.45, 2.75) is 0 Å². The van der Waals surface area contributed by atoms with Crippen LogP contribution in [-0.4, -0.2) is 14.6 Å². The standard InChI is InChI=1S/C13H7ClFN3OS/c14-12-17-18-11(19)7-10(16-13(18)20-12)5-4-8-2-1-3-9(15)6-8/h1-7H. The Morgan fingerprint density at radius 3 is 2.95 bits per heavy atom. The predicted molar refractivity (Wildman–Crippen MR) is 77.5 cm³/mol. The van der Waals surface area contributed by atoms with Gasteiger partial charge in [-0.25, -0.2) is 9.37 Å². The number of halogens is 2. The van der Waals surface area contributed by atoms with Crippen LogP contribution in [0.1, 0.15) is 11.3 Å². The smallest absolute Gasteiger partial charge is 0.267 e. The second-order valence-electron chi connectivity index (χ2n) is 3.96. The van der Waals surface area contributed by atoms with Crippen molar-refractivity contribution < 1.29 is 4.39 Å². The lowest BCUT2D eigenvalue weighted by Crippen LogP contribution is -2.14. The predicted octanol–water partition coefficient (Wildman–Crippen LogP) is 3.11. The molecular weight excluding hydrogens is 301 g/mol. The quantitative estimate of drug-likeness (QED) is 0.731. The minimum absolute atomic E-state index is 0.251. The fourth-order valence-electron chi connectivity index (χ4n) is 1.68. The van der Waals surface area contributed by atoms with Gasteiger partial charge in [0.05, 0.1) is 5.69 Å². The molecule has 0 unspecified atom stereocenters. The summed E-state index contributed by atoms with van der Waals surface area (Å²) in [6.45, 7) is 0. The van der Waals surface area contributed by atoms with Crippen molar-refractivity contribution in [2.24, 2.45) is 0 Å². The monoisotopic (exact) mass is 307 g/mol. The molecule has 100 valence electrons. The molecule has 0 aliphatic heterocycles. The fraction of sp³-hybridized carbons (Fsp3) is 0. The molecule has 4 nitrogen and oxygen atoms in total. The number of hydrogen-bond acceptors (Lipinski definition) is 4. The highest BCUT2D eigenvalue weighted by Gasteiger charge is 2.05. The van der Waals surface area contributed by atoms with E-state index in [0.29, 0.717) is 16.2 Å². The van der Waals surface area contributed by atoms with E-state index in [9.17, 15) is 9.18 Å². The average molecular weight is 308 g/mol. The van der Waals surface area contributed by atoms with Crippen LogP contribution in [0.3, 0.4) is 0 Å². The van der Waals surface area contributed by atoms with Crippen LogP contribution < -0.4 is 5.56 Å². The van der Waals surface area contributed by atoms with E-state index >= 15 is 0 Å². The van der Waals surface area contributed by atoms with E-state index in [1.165, 1.54) is 18.2 Å². The van der Waals surface area contributed by atoms with Gasteiger partial charge in [0, 0.05) is 6.07 Å². The third-order valence-corrected chi connectivity index (χ3v) is 3.54. The molecule has 0 fully saturated rings. The van der Waals surface area contributed by atoms with Crippen LogP contribution in [0.15, 0.2) is 35.1 Å². The second kappa shape index (κ2) is 5.15. The fourth-order valence-corrected chi connectivity index (χ4v) is 2.61. The molecule has 0 spiro atoms. The zero-order valence-corrected chi connectivity index (χ0v) is 11.5. The maximum absolute atomic E-state index is 13.0. The van der Waals surface area contributed by atoms with E-state index in [4.69, 9.17) is 11.6 Å².